The van der Waals surface area contributed by atoms with Gasteiger partial charge in [0.2, 0.25) is 0 Å². The second kappa shape index (κ2) is 10.6. The van der Waals surface area contributed by atoms with Crippen LogP contribution >= 0.6 is 0 Å². The minimum absolute atomic E-state index is 0.202. The van der Waals surface area contributed by atoms with Gasteiger partial charge in [-0.25, -0.2) is 9.59 Å². The van der Waals surface area contributed by atoms with Crippen LogP contribution in [0.5, 0.6) is 0 Å². The number of carbonyl (C=O) groups is 2. The maximum Gasteiger partial charge on any atom is 0.334 e. The van der Waals surface area contributed by atoms with Gasteiger partial charge in [-0.15, -0.1) is 0 Å². The Balaban J connectivity index is 2.38. The molecule has 0 spiro atoms. The third kappa shape index (κ3) is 7.95. The van der Waals surface area contributed by atoms with Crippen molar-refractivity contribution in [3.05, 3.63) is 46.6 Å². The molecule has 132 valence electrons. The molecule has 1 rings (SSSR count). The van der Waals surface area contributed by atoms with Crippen molar-refractivity contribution in [3.8, 4) is 0 Å². The normalized spacial score (nSPS) is 15.1. The number of carbonyl (C=O) groups excluding carboxylic acids is 1. The molecule has 1 N–H and O–H groups in total. The van der Waals surface area contributed by atoms with Crippen LogP contribution in [-0.2, 0) is 14.3 Å². The number of esters is 1. The molecule has 0 fully saturated rings. The van der Waals surface area contributed by atoms with E-state index in [1.165, 1.54) is 11.1 Å². The smallest absolute Gasteiger partial charge is 0.334 e. The molecular formula is C20H28O4. The standard InChI is InChI=1S/C20H28O4/c1-15(2)7-4-10-17(19(21)22)11-5-8-16(3)9-6-12-18-13-14-24-20(18)23/h7,9,11,13H,4-6,8,10,12,14H2,1-3H3,(H,21,22). The number of hydrogen-bond acceptors (Lipinski definition) is 3. The Morgan fingerprint density at radius 1 is 1.12 bits per heavy atom. The lowest BCUT2D eigenvalue weighted by atomic mass is 10.0. The van der Waals surface area contributed by atoms with Gasteiger partial charge in [0, 0.05) is 11.1 Å². The molecule has 24 heavy (non-hydrogen) atoms. The summed E-state index contributed by atoms with van der Waals surface area (Å²) >= 11 is 0. The Morgan fingerprint density at radius 2 is 1.83 bits per heavy atom. The van der Waals surface area contributed by atoms with Crippen LogP contribution in [0.3, 0.4) is 0 Å². The zero-order valence-corrected chi connectivity index (χ0v) is 14.9. The van der Waals surface area contributed by atoms with Crippen LogP contribution < -0.4 is 0 Å². The van der Waals surface area contributed by atoms with E-state index < -0.39 is 5.97 Å². The summed E-state index contributed by atoms with van der Waals surface area (Å²) < 4.78 is 4.86. The summed E-state index contributed by atoms with van der Waals surface area (Å²) in [6.45, 7) is 6.46. The average Bonchev–Trinajstić information content (AvgIpc) is 2.90. The summed E-state index contributed by atoms with van der Waals surface area (Å²) in [6.07, 6.45) is 12.2. The number of cyclic esters (lactones) is 1. The molecular weight excluding hydrogens is 304 g/mol. The summed E-state index contributed by atoms with van der Waals surface area (Å²) in [5.41, 5.74) is 3.66. The topological polar surface area (TPSA) is 63.6 Å². The fourth-order valence-corrected chi connectivity index (χ4v) is 2.46. The van der Waals surface area contributed by atoms with Gasteiger partial charge in [0.05, 0.1) is 0 Å². The van der Waals surface area contributed by atoms with Crippen LogP contribution in [0, 0.1) is 0 Å². The Labute approximate surface area is 144 Å². The number of rotatable bonds is 10. The van der Waals surface area contributed by atoms with Crippen LogP contribution in [0.2, 0.25) is 0 Å². The SMILES string of the molecule is CC(C)=CCCC(=CCCC(C)=CCCC1=CCOC1=O)C(=O)O. The first-order chi connectivity index (χ1) is 11.4. The minimum atomic E-state index is -0.828. The highest BCUT2D eigenvalue weighted by Gasteiger charge is 2.15. The second-order valence-corrected chi connectivity index (χ2v) is 6.31. The van der Waals surface area contributed by atoms with E-state index in [9.17, 15) is 14.7 Å². The molecule has 1 aliphatic heterocycles. The Morgan fingerprint density at radius 3 is 2.42 bits per heavy atom. The number of aliphatic carboxylic acids is 1. The molecule has 0 bridgehead atoms. The molecule has 0 unspecified atom stereocenters. The molecule has 1 heterocycles. The summed E-state index contributed by atoms with van der Waals surface area (Å²) in [7, 11) is 0. The summed E-state index contributed by atoms with van der Waals surface area (Å²) in [5.74, 6) is -1.03. The first kappa shape index (κ1) is 19.9. The molecule has 0 aromatic rings. The molecule has 0 saturated heterocycles. The van der Waals surface area contributed by atoms with Crippen molar-refractivity contribution in [1.82, 2.24) is 0 Å². The summed E-state index contributed by atoms with van der Waals surface area (Å²) in [4.78, 5) is 22.6. The third-order valence-corrected chi connectivity index (χ3v) is 3.88. The molecule has 0 radical (unpaired) electrons. The van der Waals surface area contributed by atoms with Crippen LogP contribution in [-0.4, -0.2) is 23.7 Å². The number of ether oxygens (including phenoxy) is 1. The van der Waals surface area contributed by atoms with Gasteiger partial charge in [0.15, 0.2) is 0 Å². The van der Waals surface area contributed by atoms with Crippen molar-refractivity contribution < 1.29 is 19.4 Å². The highest BCUT2D eigenvalue weighted by molar-refractivity contribution is 5.90. The number of carboxylic acids is 1. The van der Waals surface area contributed by atoms with Gasteiger partial charge in [-0.3, -0.25) is 0 Å². The third-order valence-electron chi connectivity index (χ3n) is 3.88. The Bertz CT molecular complexity index is 572. The van der Waals surface area contributed by atoms with Gasteiger partial charge in [0.1, 0.15) is 6.61 Å². The van der Waals surface area contributed by atoms with Crippen molar-refractivity contribution in [1.29, 1.82) is 0 Å². The highest BCUT2D eigenvalue weighted by Crippen LogP contribution is 2.16. The van der Waals surface area contributed by atoms with Gasteiger partial charge in [0.25, 0.3) is 0 Å². The van der Waals surface area contributed by atoms with Crippen molar-refractivity contribution in [2.24, 2.45) is 0 Å². The van der Waals surface area contributed by atoms with Crippen molar-refractivity contribution in [3.63, 3.8) is 0 Å². The van der Waals surface area contributed by atoms with E-state index in [-0.39, 0.29) is 5.97 Å². The Hall–Kier alpha value is -2.10. The van der Waals surface area contributed by atoms with E-state index in [4.69, 9.17) is 4.74 Å². The lowest BCUT2D eigenvalue weighted by molar-refractivity contribution is -0.136. The van der Waals surface area contributed by atoms with Crippen LogP contribution in [0.15, 0.2) is 46.6 Å². The number of carboxylic acid groups (broad SMARTS) is 1. The lowest BCUT2D eigenvalue weighted by Crippen LogP contribution is -2.00. The van der Waals surface area contributed by atoms with Gasteiger partial charge < -0.3 is 9.84 Å². The van der Waals surface area contributed by atoms with Crippen LogP contribution in [0.4, 0.5) is 0 Å². The number of allylic oxidation sites excluding steroid dienone is 5. The predicted molar refractivity (Wildman–Crippen MR) is 95.7 cm³/mol. The molecule has 4 nitrogen and oxygen atoms in total. The van der Waals surface area contributed by atoms with E-state index in [1.54, 1.807) is 0 Å². The van der Waals surface area contributed by atoms with Crippen molar-refractivity contribution in [2.75, 3.05) is 6.61 Å². The van der Waals surface area contributed by atoms with E-state index in [2.05, 4.69) is 12.2 Å². The maximum atomic E-state index is 11.3. The molecule has 1 aliphatic rings. The average molecular weight is 332 g/mol. The van der Waals surface area contributed by atoms with Crippen molar-refractivity contribution in [2.45, 2.75) is 59.3 Å². The molecule has 4 heteroatoms. The first-order valence-corrected chi connectivity index (χ1v) is 8.47. The van der Waals surface area contributed by atoms with Gasteiger partial charge in [-0.1, -0.05) is 29.4 Å². The fourth-order valence-electron chi connectivity index (χ4n) is 2.46. The molecule has 0 saturated carbocycles. The molecule has 0 atom stereocenters. The van der Waals surface area contributed by atoms with Gasteiger partial charge in [-0.05, 0) is 65.4 Å². The van der Waals surface area contributed by atoms with Gasteiger partial charge >= 0.3 is 11.9 Å². The maximum absolute atomic E-state index is 11.3. The quantitative estimate of drug-likeness (QED) is 0.357. The second-order valence-electron chi connectivity index (χ2n) is 6.31. The Kier molecular flexibility index (Phi) is 8.84. The van der Waals surface area contributed by atoms with Crippen LogP contribution in [0.1, 0.15) is 59.3 Å². The molecule has 0 amide bonds. The predicted octanol–water partition coefficient (Wildman–Crippen LogP) is 4.73. The molecule has 0 aromatic heterocycles. The van der Waals surface area contributed by atoms with E-state index in [0.717, 1.165) is 31.3 Å². The highest BCUT2D eigenvalue weighted by atomic mass is 16.5. The van der Waals surface area contributed by atoms with Gasteiger partial charge in [-0.2, -0.15) is 0 Å². The molecule has 0 aromatic carbocycles. The minimum Gasteiger partial charge on any atom is -0.478 e. The van der Waals surface area contributed by atoms with Crippen molar-refractivity contribution >= 4 is 11.9 Å². The van der Waals surface area contributed by atoms with Crippen LogP contribution in [0.25, 0.3) is 0 Å². The lowest BCUT2D eigenvalue weighted by Gasteiger charge is -2.03. The fraction of sp³-hybridized carbons (Fsp3) is 0.500. The first-order valence-electron chi connectivity index (χ1n) is 8.47. The summed E-state index contributed by atoms with van der Waals surface area (Å²) in [5, 5.41) is 9.24. The number of hydrogen-bond donors (Lipinski definition) is 1. The largest absolute Gasteiger partial charge is 0.478 e. The van der Waals surface area contributed by atoms with E-state index in [1.807, 2.05) is 32.9 Å². The zero-order valence-electron chi connectivity index (χ0n) is 14.9. The zero-order chi connectivity index (χ0) is 17.9. The van der Waals surface area contributed by atoms with E-state index >= 15 is 0 Å². The monoisotopic (exact) mass is 332 g/mol. The molecule has 0 aliphatic carbocycles. The summed E-state index contributed by atoms with van der Waals surface area (Å²) in [6, 6.07) is 0. The van der Waals surface area contributed by atoms with E-state index in [0.29, 0.717) is 25.0 Å².